The average Bonchev–Trinajstić information content (AvgIpc) is 3.24. The third-order valence-corrected chi connectivity index (χ3v) is 5.55. The highest BCUT2D eigenvalue weighted by atomic mass is 19.2. The first kappa shape index (κ1) is 23.9. The molecule has 10 nitrogen and oxygen atoms in total. The average molecular weight is 509 g/mol. The van der Waals surface area contributed by atoms with E-state index in [4.69, 9.17) is 0 Å². The monoisotopic (exact) mass is 509 g/mol. The lowest BCUT2D eigenvalue weighted by atomic mass is 10.2. The first-order chi connectivity index (χ1) is 17.7. The van der Waals surface area contributed by atoms with Gasteiger partial charge in [-0.2, -0.15) is 10.1 Å². The van der Waals surface area contributed by atoms with Gasteiger partial charge in [0.05, 0.1) is 30.6 Å². The minimum Gasteiger partial charge on any atom is -0.392 e. The van der Waals surface area contributed by atoms with Crippen molar-refractivity contribution in [1.82, 2.24) is 28.9 Å². The van der Waals surface area contributed by atoms with E-state index < -0.39 is 35.4 Å². The molecule has 0 unspecified atom stereocenters. The van der Waals surface area contributed by atoms with E-state index in [0.717, 1.165) is 22.1 Å². The molecule has 0 aliphatic carbocycles. The maximum atomic E-state index is 13.9. The summed E-state index contributed by atoms with van der Waals surface area (Å²) in [5.41, 5.74) is -0.418. The zero-order valence-electron chi connectivity index (χ0n) is 19.2. The van der Waals surface area contributed by atoms with Gasteiger partial charge in [0, 0.05) is 30.5 Å². The molecule has 0 fully saturated rings. The Morgan fingerprint density at radius 1 is 1.00 bits per heavy atom. The summed E-state index contributed by atoms with van der Waals surface area (Å²) in [5.74, 6) is -4.72. The van der Waals surface area contributed by atoms with Gasteiger partial charge in [-0.3, -0.25) is 14.2 Å². The van der Waals surface area contributed by atoms with Gasteiger partial charge in [0.2, 0.25) is 5.95 Å². The summed E-state index contributed by atoms with van der Waals surface area (Å²) >= 11 is 0. The van der Waals surface area contributed by atoms with E-state index in [1.165, 1.54) is 18.5 Å². The second-order valence-electron chi connectivity index (χ2n) is 8.21. The number of nitrogens with one attached hydrogen (secondary N) is 1. The van der Waals surface area contributed by atoms with Crippen LogP contribution in [-0.4, -0.2) is 34.0 Å². The summed E-state index contributed by atoms with van der Waals surface area (Å²) in [6.07, 6.45) is 4.36. The quantitative estimate of drug-likeness (QED) is 0.337. The van der Waals surface area contributed by atoms with Crippen LogP contribution in [0.25, 0.3) is 16.6 Å². The topological polar surface area (TPSA) is 120 Å². The van der Waals surface area contributed by atoms with Crippen LogP contribution in [0.1, 0.15) is 11.1 Å². The van der Waals surface area contributed by atoms with Crippen LogP contribution in [0.4, 0.5) is 24.8 Å². The Balaban J connectivity index is 1.67. The molecule has 2 N–H and O–H groups in total. The second kappa shape index (κ2) is 9.35. The summed E-state index contributed by atoms with van der Waals surface area (Å²) < 4.78 is 44.6. The van der Waals surface area contributed by atoms with Crippen LogP contribution in [0, 0.1) is 17.5 Å². The maximum Gasteiger partial charge on any atom is 0.359 e. The van der Waals surface area contributed by atoms with Crippen LogP contribution in [0.5, 0.6) is 0 Å². The van der Waals surface area contributed by atoms with Crippen molar-refractivity contribution >= 4 is 22.5 Å². The Morgan fingerprint density at radius 3 is 2.49 bits per heavy atom. The molecule has 0 saturated heterocycles. The molecule has 188 valence electrons. The number of aliphatic hydroxyl groups is 1. The molecule has 0 aliphatic heterocycles. The fraction of sp³-hybridized carbons (Fsp3) is 0.125. The van der Waals surface area contributed by atoms with Crippen LogP contribution in [0.3, 0.4) is 0 Å². The summed E-state index contributed by atoms with van der Waals surface area (Å²) in [7, 11) is 1.76. The van der Waals surface area contributed by atoms with E-state index in [9.17, 15) is 27.9 Å². The van der Waals surface area contributed by atoms with Crippen LogP contribution in [-0.2, 0) is 20.2 Å². The van der Waals surface area contributed by atoms with Crippen LogP contribution in [0.2, 0.25) is 0 Å². The lowest BCUT2D eigenvalue weighted by Crippen LogP contribution is -2.41. The highest BCUT2D eigenvalue weighted by Gasteiger charge is 2.18. The number of anilines is 2. The number of rotatable bonds is 6. The van der Waals surface area contributed by atoms with Gasteiger partial charge in [0.1, 0.15) is 0 Å². The van der Waals surface area contributed by atoms with Gasteiger partial charge >= 0.3 is 11.4 Å². The standard InChI is InChI=1S/C24H18F3N7O3/c1-32-11-15-7-16(2-3-20(15)31-32)29-22-30-23(36)34(17-4-14(12-35)8-28-9-17)24(37)33(22)10-13-5-18(25)21(27)19(26)6-13/h2-9,11,35H,10,12H2,1H3,(H,29,30,36). The molecule has 5 aromatic rings. The lowest BCUT2D eigenvalue weighted by Gasteiger charge is -2.16. The molecule has 2 aromatic carbocycles. The Labute approximate surface area is 205 Å². The highest BCUT2D eigenvalue weighted by molar-refractivity contribution is 5.82. The molecule has 0 bridgehead atoms. The molecule has 0 amide bonds. The van der Waals surface area contributed by atoms with Crippen molar-refractivity contribution in [3.8, 4) is 5.69 Å². The van der Waals surface area contributed by atoms with Gasteiger partial charge in [0.25, 0.3) is 0 Å². The zero-order chi connectivity index (χ0) is 26.3. The summed E-state index contributed by atoms with van der Waals surface area (Å²) in [6, 6.07) is 7.97. The van der Waals surface area contributed by atoms with Gasteiger partial charge < -0.3 is 10.4 Å². The predicted octanol–water partition coefficient (Wildman–Crippen LogP) is 2.38. The Bertz CT molecular complexity index is 1760. The Hall–Kier alpha value is -4.78. The number of halogens is 3. The molecule has 3 aromatic heterocycles. The smallest absolute Gasteiger partial charge is 0.359 e. The summed E-state index contributed by atoms with van der Waals surface area (Å²) in [4.78, 5) is 34.4. The van der Waals surface area contributed by atoms with Gasteiger partial charge in [0.15, 0.2) is 17.5 Å². The number of hydrogen-bond donors (Lipinski definition) is 2. The fourth-order valence-electron chi connectivity index (χ4n) is 3.87. The molecule has 0 atom stereocenters. The van der Waals surface area contributed by atoms with Crippen LogP contribution >= 0.6 is 0 Å². The molecule has 0 radical (unpaired) electrons. The molecule has 37 heavy (non-hydrogen) atoms. The van der Waals surface area contributed by atoms with Crippen molar-refractivity contribution < 1.29 is 18.3 Å². The fourth-order valence-corrected chi connectivity index (χ4v) is 3.87. The van der Waals surface area contributed by atoms with Crippen molar-refractivity contribution in [2.45, 2.75) is 13.2 Å². The lowest BCUT2D eigenvalue weighted by molar-refractivity contribution is 0.281. The molecule has 0 saturated carbocycles. The van der Waals surface area contributed by atoms with Gasteiger partial charge in [-0.05, 0) is 47.5 Å². The summed E-state index contributed by atoms with van der Waals surface area (Å²) in [6.45, 7) is -0.841. The number of benzene rings is 2. The van der Waals surface area contributed by atoms with E-state index in [0.29, 0.717) is 21.3 Å². The minimum atomic E-state index is -1.64. The number of hydrogen-bond acceptors (Lipinski definition) is 7. The molecule has 0 spiro atoms. The number of pyridine rings is 1. The third kappa shape index (κ3) is 4.59. The zero-order valence-corrected chi connectivity index (χ0v) is 19.2. The maximum absolute atomic E-state index is 13.9. The number of aliphatic hydroxyl groups excluding tert-OH is 1. The second-order valence-corrected chi connectivity index (χ2v) is 8.21. The van der Waals surface area contributed by atoms with Gasteiger partial charge in [-0.1, -0.05) is 0 Å². The van der Waals surface area contributed by atoms with Crippen molar-refractivity contribution in [2.24, 2.45) is 7.05 Å². The molecular weight excluding hydrogens is 491 g/mol. The predicted molar refractivity (Wildman–Crippen MR) is 127 cm³/mol. The van der Waals surface area contributed by atoms with E-state index in [1.54, 1.807) is 36.1 Å². The molecule has 3 heterocycles. The number of fused-ring (bicyclic) bond motifs is 1. The molecule has 5 rings (SSSR count). The Morgan fingerprint density at radius 2 is 1.76 bits per heavy atom. The first-order valence-electron chi connectivity index (χ1n) is 10.9. The molecule has 0 aliphatic rings. The normalized spacial score (nSPS) is 11.3. The molecule has 13 heteroatoms. The number of aromatic nitrogens is 6. The van der Waals surface area contributed by atoms with Crippen molar-refractivity contribution in [1.29, 1.82) is 0 Å². The van der Waals surface area contributed by atoms with Gasteiger partial charge in [-0.15, -0.1) is 0 Å². The van der Waals surface area contributed by atoms with Gasteiger partial charge in [-0.25, -0.2) is 27.3 Å². The molecular formula is C24H18F3N7O3. The summed E-state index contributed by atoms with van der Waals surface area (Å²) in [5, 5.41) is 17.4. The van der Waals surface area contributed by atoms with E-state index >= 15 is 0 Å². The van der Waals surface area contributed by atoms with E-state index in [1.807, 2.05) is 0 Å². The van der Waals surface area contributed by atoms with Crippen molar-refractivity contribution in [3.63, 3.8) is 0 Å². The highest BCUT2D eigenvalue weighted by Crippen LogP contribution is 2.21. The van der Waals surface area contributed by atoms with E-state index in [-0.39, 0.29) is 23.8 Å². The SMILES string of the molecule is Cn1cc2cc(Nc3nc(=O)n(-c4cncc(CO)c4)c(=O)n3Cc3cc(F)c(F)c(F)c3)ccc2n1. The van der Waals surface area contributed by atoms with Crippen LogP contribution < -0.4 is 16.7 Å². The number of aryl methyl sites for hydroxylation is 1. The third-order valence-electron chi connectivity index (χ3n) is 5.55. The number of nitrogens with zero attached hydrogens (tertiary/aromatic N) is 6. The first-order valence-corrected chi connectivity index (χ1v) is 10.9. The van der Waals surface area contributed by atoms with E-state index in [2.05, 4.69) is 20.4 Å². The van der Waals surface area contributed by atoms with Crippen LogP contribution in [0.15, 0.2) is 64.6 Å². The van der Waals surface area contributed by atoms with Crippen molar-refractivity contribution in [3.05, 3.63) is 105 Å². The Kier molecular flexibility index (Phi) is 6.05. The largest absolute Gasteiger partial charge is 0.392 e. The minimum absolute atomic E-state index is 0.0302. The van der Waals surface area contributed by atoms with Crippen molar-refractivity contribution in [2.75, 3.05) is 5.32 Å².